The van der Waals surface area contributed by atoms with Gasteiger partial charge in [0.05, 0.1) is 11.0 Å². The van der Waals surface area contributed by atoms with Crippen LogP contribution < -0.4 is 4.90 Å². The second kappa shape index (κ2) is 15.3. The number of aromatic nitrogens is 1. The molecule has 0 bridgehead atoms. The lowest BCUT2D eigenvalue weighted by Crippen LogP contribution is -2.10. The smallest absolute Gasteiger partial charge is 0.136 e. The highest BCUT2D eigenvalue weighted by molar-refractivity contribution is 6.09. The molecule has 0 saturated heterocycles. The van der Waals surface area contributed by atoms with Gasteiger partial charge in [-0.05, 0) is 142 Å². The standard InChI is InChI=1S/C60H40N2O/c1-3-13-41(14-4-1)46-37-47(42-15-5-2-6-16-42)39-48(38-46)44-25-30-50(31-26-44)61(49-28-23-43(24-29-49)45-27-36-56-55-19-9-12-22-59(55)63-60(56)40-45)51-32-34-52(35-33-51)62-57-20-10-7-17-53(57)54-18-8-11-21-58(54)62/h1-40H. The molecule has 2 heterocycles. The Labute approximate surface area is 366 Å². The summed E-state index contributed by atoms with van der Waals surface area (Å²) < 4.78 is 8.63. The van der Waals surface area contributed by atoms with Crippen LogP contribution in [0.5, 0.6) is 0 Å². The summed E-state index contributed by atoms with van der Waals surface area (Å²) >= 11 is 0. The Morgan fingerprint density at radius 1 is 0.270 bits per heavy atom. The van der Waals surface area contributed by atoms with Crippen LogP contribution in [-0.4, -0.2) is 4.57 Å². The molecule has 0 radical (unpaired) electrons. The van der Waals surface area contributed by atoms with Crippen molar-refractivity contribution in [2.75, 3.05) is 4.90 Å². The van der Waals surface area contributed by atoms with Crippen molar-refractivity contribution < 1.29 is 4.42 Å². The number of benzene rings is 10. The van der Waals surface area contributed by atoms with Gasteiger partial charge in [0.25, 0.3) is 0 Å². The van der Waals surface area contributed by atoms with Crippen LogP contribution in [0.25, 0.3) is 93.9 Å². The Bertz CT molecular complexity index is 3470. The normalized spacial score (nSPS) is 11.5. The average Bonchev–Trinajstić information content (AvgIpc) is 3.91. The van der Waals surface area contributed by atoms with Crippen molar-refractivity contribution in [1.29, 1.82) is 0 Å². The zero-order valence-electron chi connectivity index (χ0n) is 34.4. The summed E-state index contributed by atoms with van der Waals surface area (Å²) in [5, 5.41) is 4.78. The van der Waals surface area contributed by atoms with E-state index in [1.165, 1.54) is 49.6 Å². The Kier molecular flexibility index (Phi) is 8.83. The molecule has 3 nitrogen and oxygen atoms in total. The SMILES string of the molecule is c1ccc(-c2cc(-c3ccccc3)cc(-c3ccc(N(c4ccc(-c5ccc6c(c5)oc5ccccc56)cc4)c4ccc(-n5c6ccccc6c6ccccc65)cc4)cc3)c2)cc1. The minimum atomic E-state index is 0.896. The zero-order chi connectivity index (χ0) is 41.7. The van der Waals surface area contributed by atoms with Crippen molar-refractivity contribution in [3.63, 3.8) is 0 Å². The van der Waals surface area contributed by atoms with E-state index in [0.717, 1.165) is 61.4 Å². The summed E-state index contributed by atoms with van der Waals surface area (Å²) in [5.74, 6) is 0. The first-order chi connectivity index (χ1) is 31.2. The van der Waals surface area contributed by atoms with E-state index in [9.17, 15) is 0 Å². The molecule has 10 aromatic carbocycles. The van der Waals surface area contributed by atoms with Gasteiger partial charge in [-0.25, -0.2) is 0 Å². The van der Waals surface area contributed by atoms with Crippen molar-refractivity contribution >= 4 is 60.8 Å². The predicted molar refractivity (Wildman–Crippen MR) is 264 cm³/mol. The molecule has 296 valence electrons. The molecule has 0 fully saturated rings. The molecule has 0 aliphatic heterocycles. The molecule has 63 heavy (non-hydrogen) atoms. The number of furan rings is 1. The zero-order valence-corrected chi connectivity index (χ0v) is 34.4. The van der Waals surface area contributed by atoms with Crippen molar-refractivity contribution in [3.05, 3.63) is 243 Å². The van der Waals surface area contributed by atoms with E-state index >= 15 is 0 Å². The summed E-state index contributed by atoms with van der Waals surface area (Å²) in [7, 11) is 0. The monoisotopic (exact) mass is 804 g/mol. The molecule has 12 aromatic rings. The number of hydrogen-bond acceptors (Lipinski definition) is 2. The Balaban J connectivity index is 0.947. The fourth-order valence-electron chi connectivity index (χ4n) is 9.30. The lowest BCUT2D eigenvalue weighted by atomic mass is 9.93. The fourth-order valence-corrected chi connectivity index (χ4v) is 9.30. The molecule has 3 heteroatoms. The van der Waals surface area contributed by atoms with E-state index in [1.807, 2.05) is 12.1 Å². The maximum atomic E-state index is 6.27. The minimum Gasteiger partial charge on any atom is -0.456 e. The predicted octanol–water partition coefficient (Wildman–Crippen LogP) is 16.8. The first-order valence-corrected chi connectivity index (χ1v) is 21.5. The molecular formula is C60H40N2O. The molecule has 2 aromatic heterocycles. The highest BCUT2D eigenvalue weighted by atomic mass is 16.3. The number of nitrogens with zero attached hydrogens (tertiary/aromatic N) is 2. The summed E-state index contributed by atoms with van der Waals surface area (Å²) in [4.78, 5) is 2.35. The molecule has 0 spiro atoms. The van der Waals surface area contributed by atoms with Crippen LogP contribution in [0.4, 0.5) is 17.1 Å². The van der Waals surface area contributed by atoms with Gasteiger partial charge < -0.3 is 13.9 Å². The highest BCUT2D eigenvalue weighted by Crippen LogP contribution is 2.40. The van der Waals surface area contributed by atoms with E-state index in [2.05, 4.69) is 240 Å². The first-order valence-electron chi connectivity index (χ1n) is 21.5. The quantitative estimate of drug-likeness (QED) is 0.153. The van der Waals surface area contributed by atoms with Crippen LogP contribution in [0.1, 0.15) is 0 Å². The van der Waals surface area contributed by atoms with E-state index < -0.39 is 0 Å². The van der Waals surface area contributed by atoms with Crippen LogP contribution in [-0.2, 0) is 0 Å². The maximum Gasteiger partial charge on any atom is 0.136 e. The summed E-state index contributed by atoms with van der Waals surface area (Å²) in [6.07, 6.45) is 0. The van der Waals surface area contributed by atoms with Crippen molar-refractivity contribution in [3.8, 4) is 50.2 Å². The van der Waals surface area contributed by atoms with Gasteiger partial charge in [0.15, 0.2) is 0 Å². The largest absolute Gasteiger partial charge is 0.456 e. The molecule has 0 N–H and O–H groups in total. The molecule has 0 atom stereocenters. The van der Waals surface area contributed by atoms with E-state index in [1.54, 1.807) is 0 Å². The third kappa shape index (κ3) is 6.55. The second-order valence-electron chi connectivity index (χ2n) is 16.2. The summed E-state index contributed by atoms with van der Waals surface area (Å²) in [6.45, 7) is 0. The van der Waals surface area contributed by atoms with Crippen LogP contribution in [0, 0.1) is 0 Å². The number of hydrogen-bond donors (Lipinski definition) is 0. The minimum absolute atomic E-state index is 0.896. The van der Waals surface area contributed by atoms with Gasteiger partial charge in [0.1, 0.15) is 11.2 Å². The second-order valence-corrected chi connectivity index (χ2v) is 16.2. The Morgan fingerprint density at radius 2 is 0.667 bits per heavy atom. The van der Waals surface area contributed by atoms with Crippen LogP contribution in [0.3, 0.4) is 0 Å². The fraction of sp³-hybridized carbons (Fsp3) is 0. The van der Waals surface area contributed by atoms with Gasteiger partial charge in [0.2, 0.25) is 0 Å². The van der Waals surface area contributed by atoms with Gasteiger partial charge in [-0.1, -0.05) is 146 Å². The van der Waals surface area contributed by atoms with Crippen LogP contribution >= 0.6 is 0 Å². The van der Waals surface area contributed by atoms with Gasteiger partial charge in [0, 0.05) is 44.3 Å². The lowest BCUT2D eigenvalue weighted by molar-refractivity contribution is 0.669. The third-order valence-electron chi connectivity index (χ3n) is 12.4. The van der Waals surface area contributed by atoms with E-state index in [0.29, 0.717) is 0 Å². The summed E-state index contributed by atoms with van der Waals surface area (Å²) in [5.41, 5.74) is 17.9. The maximum absolute atomic E-state index is 6.27. The lowest BCUT2D eigenvalue weighted by Gasteiger charge is -2.26. The highest BCUT2D eigenvalue weighted by Gasteiger charge is 2.17. The topological polar surface area (TPSA) is 21.3 Å². The number of anilines is 3. The first kappa shape index (κ1) is 36.5. The third-order valence-corrected chi connectivity index (χ3v) is 12.4. The van der Waals surface area contributed by atoms with Crippen molar-refractivity contribution in [1.82, 2.24) is 4.57 Å². The molecular weight excluding hydrogens is 765 g/mol. The molecule has 0 saturated carbocycles. The molecule has 0 aliphatic rings. The van der Waals surface area contributed by atoms with Crippen LogP contribution in [0.15, 0.2) is 247 Å². The molecule has 0 amide bonds. The molecule has 0 aliphatic carbocycles. The van der Waals surface area contributed by atoms with Crippen molar-refractivity contribution in [2.24, 2.45) is 0 Å². The van der Waals surface area contributed by atoms with E-state index in [-0.39, 0.29) is 0 Å². The molecule has 0 unspecified atom stereocenters. The van der Waals surface area contributed by atoms with Crippen LogP contribution in [0.2, 0.25) is 0 Å². The number of para-hydroxylation sites is 3. The van der Waals surface area contributed by atoms with Gasteiger partial charge >= 0.3 is 0 Å². The van der Waals surface area contributed by atoms with Gasteiger partial charge in [-0.3, -0.25) is 0 Å². The Morgan fingerprint density at radius 3 is 1.21 bits per heavy atom. The Hall–Kier alpha value is -8.40. The van der Waals surface area contributed by atoms with Crippen molar-refractivity contribution in [2.45, 2.75) is 0 Å². The number of rotatable bonds is 8. The van der Waals surface area contributed by atoms with E-state index in [4.69, 9.17) is 4.42 Å². The average molecular weight is 805 g/mol. The summed E-state index contributed by atoms with van der Waals surface area (Å²) in [6, 6.07) is 87.2. The van der Waals surface area contributed by atoms with Gasteiger partial charge in [-0.15, -0.1) is 0 Å². The van der Waals surface area contributed by atoms with Gasteiger partial charge in [-0.2, -0.15) is 0 Å². The molecule has 12 rings (SSSR count). The number of fused-ring (bicyclic) bond motifs is 6.